The van der Waals surface area contributed by atoms with Crippen LogP contribution in [0.25, 0.3) is 10.9 Å². The number of benzene rings is 1. The molecule has 0 unspecified atom stereocenters. The quantitative estimate of drug-likeness (QED) is 0.662. The van der Waals surface area contributed by atoms with Crippen LogP contribution >= 0.6 is 0 Å². The Morgan fingerprint density at radius 3 is 2.79 bits per heavy atom. The van der Waals surface area contributed by atoms with Gasteiger partial charge in [-0.2, -0.15) is 0 Å². The number of aryl methyl sites for hydroxylation is 1. The molecule has 1 aromatic carbocycles. The number of fused-ring (bicyclic) bond motifs is 2. The van der Waals surface area contributed by atoms with Gasteiger partial charge in [0.25, 0.3) is 5.56 Å². The number of carbonyl (C=O) groups is 2. The normalized spacial score (nSPS) is 13.4. The van der Waals surface area contributed by atoms with Crippen LogP contribution in [0.4, 0.5) is 5.69 Å². The number of nitrogens with zero attached hydrogens (tertiary/aromatic N) is 3. The molecule has 3 heterocycles. The highest BCUT2D eigenvalue weighted by Crippen LogP contribution is 2.18. The number of pyridine rings is 1. The predicted molar refractivity (Wildman–Crippen MR) is 108 cm³/mol. The lowest BCUT2D eigenvalue weighted by Crippen LogP contribution is -2.35. The number of rotatable bonds is 3. The minimum atomic E-state index is -0.803. The SMILES string of the molecule is O=C(NCc1ccccn1)C(=O)Nc1ccc2nc3n(c(=O)c2c1)CCCCC3. The molecule has 3 aromatic rings. The van der Waals surface area contributed by atoms with Crippen LogP contribution in [0, 0.1) is 0 Å². The van der Waals surface area contributed by atoms with Crippen molar-refractivity contribution >= 4 is 28.4 Å². The van der Waals surface area contributed by atoms with Gasteiger partial charge < -0.3 is 10.6 Å². The number of aromatic nitrogens is 3. The maximum Gasteiger partial charge on any atom is 0.313 e. The lowest BCUT2D eigenvalue weighted by Gasteiger charge is -2.11. The average Bonchev–Trinajstić information content (AvgIpc) is 2.99. The maximum atomic E-state index is 12.9. The Morgan fingerprint density at radius 1 is 1.07 bits per heavy atom. The molecule has 0 aliphatic carbocycles. The fourth-order valence-corrected chi connectivity index (χ4v) is 3.44. The van der Waals surface area contributed by atoms with Crippen LogP contribution in [-0.2, 0) is 29.1 Å². The standard InChI is InChI=1S/C21H21N5O3/c27-19(23-13-15-6-3-4-10-22-15)20(28)24-14-8-9-17-16(12-14)21(29)26-11-5-1-2-7-18(26)25-17/h3-4,6,8-10,12H,1-2,5,7,11,13H2,(H,23,27)(H,24,28). The van der Waals surface area contributed by atoms with E-state index in [0.717, 1.165) is 31.5 Å². The smallest absolute Gasteiger partial charge is 0.313 e. The molecule has 0 saturated carbocycles. The number of carbonyl (C=O) groups excluding carboxylic acids is 2. The Balaban J connectivity index is 1.50. The molecule has 1 aliphatic rings. The van der Waals surface area contributed by atoms with Crippen LogP contribution in [0.15, 0.2) is 47.4 Å². The van der Waals surface area contributed by atoms with Gasteiger partial charge in [-0.05, 0) is 43.2 Å². The minimum Gasteiger partial charge on any atom is -0.342 e. The van der Waals surface area contributed by atoms with Crippen LogP contribution in [0.1, 0.15) is 30.8 Å². The van der Waals surface area contributed by atoms with E-state index in [2.05, 4.69) is 20.6 Å². The van der Waals surface area contributed by atoms with Crippen LogP contribution in [0.3, 0.4) is 0 Å². The minimum absolute atomic E-state index is 0.109. The summed E-state index contributed by atoms with van der Waals surface area (Å²) in [5, 5.41) is 5.50. The van der Waals surface area contributed by atoms with Gasteiger partial charge in [0.2, 0.25) is 0 Å². The topological polar surface area (TPSA) is 106 Å². The zero-order chi connectivity index (χ0) is 20.2. The second-order valence-corrected chi connectivity index (χ2v) is 6.99. The molecule has 2 N–H and O–H groups in total. The Bertz CT molecular complexity index is 1120. The van der Waals surface area contributed by atoms with E-state index in [1.54, 1.807) is 47.2 Å². The van der Waals surface area contributed by atoms with Gasteiger partial charge in [0.15, 0.2) is 0 Å². The maximum absolute atomic E-state index is 12.9. The van der Waals surface area contributed by atoms with Crippen LogP contribution < -0.4 is 16.2 Å². The van der Waals surface area contributed by atoms with E-state index in [-0.39, 0.29) is 12.1 Å². The van der Waals surface area contributed by atoms with Crippen LogP contribution in [0.2, 0.25) is 0 Å². The van der Waals surface area contributed by atoms with Crippen molar-refractivity contribution in [3.63, 3.8) is 0 Å². The predicted octanol–water partition coefficient (Wildman–Crippen LogP) is 1.77. The van der Waals surface area contributed by atoms with Gasteiger partial charge in [0.05, 0.1) is 23.1 Å². The van der Waals surface area contributed by atoms with Crippen LogP contribution in [-0.4, -0.2) is 26.3 Å². The molecular weight excluding hydrogens is 370 g/mol. The van der Waals surface area contributed by atoms with Gasteiger partial charge in [-0.25, -0.2) is 4.98 Å². The van der Waals surface area contributed by atoms with Gasteiger partial charge in [-0.15, -0.1) is 0 Å². The Hall–Kier alpha value is -3.55. The molecule has 1 aliphatic heterocycles. The van der Waals surface area contributed by atoms with Gasteiger partial charge in [0.1, 0.15) is 5.82 Å². The van der Waals surface area contributed by atoms with E-state index in [1.165, 1.54) is 0 Å². The molecule has 8 nitrogen and oxygen atoms in total. The van der Waals surface area contributed by atoms with Crippen molar-refractivity contribution < 1.29 is 9.59 Å². The second-order valence-electron chi connectivity index (χ2n) is 6.99. The molecule has 8 heteroatoms. The zero-order valence-electron chi connectivity index (χ0n) is 15.9. The lowest BCUT2D eigenvalue weighted by molar-refractivity contribution is -0.136. The highest BCUT2D eigenvalue weighted by atomic mass is 16.2. The van der Waals surface area contributed by atoms with Crippen molar-refractivity contribution in [2.24, 2.45) is 0 Å². The number of hydrogen-bond acceptors (Lipinski definition) is 5. The van der Waals surface area contributed by atoms with Crippen molar-refractivity contribution in [3.05, 3.63) is 64.5 Å². The molecule has 4 rings (SSSR count). The first kappa shape index (κ1) is 18.8. The van der Waals surface area contributed by atoms with Gasteiger partial charge in [-0.3, -0.25) is 23.9 Å². The molecule has 0 atom stereocenters. The third-order valence-electron chi connectivity index (χ3n) is 4.94. The Morgan fingerprint density at radius 2 is 1.97 bits per heavy atom. The molecule has 0 spiro atoms. The van der Waals surface area contributed by atoms with E-state index in [9.17, 15) is 14.4 Å². The van der Waals surface area contributed by atoms with Gasteiger partial charge in [0, 0.05) is 24.8 Å². The van der Waals surface area contributed by atoms with E-state index in [4.69, 9.17) is 0 Å². The van der Waals surface area contributed by atoms with Crippen LogP contribution in [0.5, 0.6) is 0 Å². The first-order valence-electron chi connectivity index (χ1n) is 9.64. The first-order chi connectivity index (χ1) is 14.1. The Labute approximate surface area is 167 Å². The monoisotopic (exact) mass is 391 g/mol. The fraction of sp³-hybridized carbons (Fsp3) is 0.286. The number of hydrogen-bond donors (Lipinski definition) is 2. The lowest BCUT2D eigenvalue weighted by atomic mass is 10.2. The fourth-order valence-electron chi connectivity index (χ4n) is 3.44. The van der Waals surface area contributed by atoms with E-state index < -0.39 is 11.8 Å². The summed E-state index contributed by atoms with van der Waals surface area (Å²) in [7, 11) is 0. The summed E-state index contributed by atoms with van der Waals surface area (Å²) in [6.07, 6.45) is 5.46. The largest absolute Gasteiger partial charge is 0.342 e. The summed E-state index contributed by atoms with van der Waals surface area (Å²) in [5.74, 6) is -0.763. The summed E-state index contributed by atoms with van der Waals surface area (Å²) in [6, 6.07) is 10.2. The number of nitrogens with one attached hydrogen (secondary N) is 2. The van der Waals surface area contributed by atoms with E-state index in [1.807, 2.05) is 0 Å². The average molecular weight is 391 g/mol. The molecule has 2 aromatic heterocycles. The number of amides is 2. The summed E-state index contributed by atoms with van der Waals surface area (Å²) in [4.78, 5) is 45.8. The molecule has 29 heavy (non-hydrogen) atoms. The molecular formula is C21H21N5O3. The van der Waals surface area contributed by atoms with Crippen molar-refractivity contribution in [2.75, 3.05) is 5.32 Å². The van der Waals surface area contributed by atoms with Crippen molar-refractivity contribution in [1.29, 1.82) is 0 Å². The molecule has 2 amide bonds. The van der Waals surface area contributed by atoms with Crippen molar-refractivity contribution in [2.45, 2.75) is 38.8 Å². The summed E-state index contributed by atoms with van der Waals surface area (Å²) in [5.41, 5.74) is 1.52. The van der Waals surface area contributed by atoms with Crippen molar-refractivity contribution in [3.8, 4) is 0 Å². The third-order valence-corrected chi connectivity index (χ3v) is 4.94. The van der Waals surface area contributed by atoms with E-state index >= 15 is 0 Å². The van der Waals surface area contributed by atoms with Crippen molar-refractivity contribution in [1.82, 2.24) is 19.9 Å². The molecule has 0 saturated heterocycles. The molecule has 0 radical (unpaired) electrons. The molecule has 0 bridgehead atoms. The first-order valence-corrected chi connectivity index (χ1v) is 9.64. The van der Waals surface area contributed by atoms with E-state index in [0.29, 0.717) is 28.8 Å². The summed E-state index contributed by atoms with van der Waals surface area (Å²) >= 11 is 0. The highest BCUT2D eigenvalue weighted by molar-refractivity contribution is 6.39. The Kier molecular flexibility index (Phi) is 5.33. The van der Waals surface area contributed by atoms with Gasteiger partial charge in [-0.1, -0.05) is 12.5 Å². The highest BCUT2D eigenvalue weighted by Gasteiger charge is 2.16. The molecule has 0 fully saturated rings. The summed E-state index contributed by atoms with van der Waals surface area (Å²) in [6.45, 7) is 0.811. The molecule has 148 valence electrons. The number of anilines is 1. The van der Waals surface area contributed by atoms with Gasteiger partial charge >= 0.3 is 11.8 Å². The summed E-state index contributed by atoms with van der Waals surface area (Å²) < 4.78 is 1.72. The third kappa shape index (κ3) is 4.16. The zero-order valence-corrected chi connectivity index (χ0v) is 15.9. The second kappa shape index (κ2) is 8.22.